The molecule has 0 saturated carbocycles. The molecule has 20 heavy (non-hydrogen) atoms. The molecule has 4 nitrogen and oxygen atoms in total. The normalized spacial score (nSPS) is 12.6. The van der Waals surface area contributed by atoms with Crippen molar-refractivity contribution in [1.29, 1.82) is 0 Å². The van der Waals surface area contributed by atoms with E-state index in [2.05, 4.69) is 38.3 Å². The molecule has 108 valence electrons. The Labute approximate surface area is 126 Å². The number of aryl methyl sites for hydroxylation is 1. The highest BCUT2D eigenvalue weighted by atomic mass is 79.9. The summed E-state index contributed by atoms with van der Waals surface area (Å²) in [5.74, 6) is -0.308. The van der Waals surface area contributed by atoms with E-state index in [9.17, 15) is 4.39 Å². The molecule has 2 heterocycles. The smallest absolute Gasteiger partial charge is 0.146 e. The van der Waals surface area contributed by atoms with E-state index in [4.69, 9.17) is 0 Å². The van der Waals surface area contributed by atoms with Gasteiger partial charge in [-0.1, -0.05) is 6.92 Å². The van der Waals surface area contributed by atoms with Crippen molar-refractivity contribution in [3.63, 3.8) is 0 Å². The lowest BCUT2D eigenvalue weighted by molar-refractivity contribution is 0.502. The van der Waals surface area contributed by atoms with Gasteiger partial charge in [0.25, 0.3) is 0 Å². The maximum atomic E-state index is 14.1. The molecule has 0 aliphatic carbocycles. The monoisotopic (exact) mass is 340 g/mol. The van der Waals surface area contributed by atoms with Crippen LogP contribution in [0.5, 0.6) is 0 Å². The fraction of sp³-hybridized carbons (Fsp3) is 0.429. The van der Waals surface area contributed by atoms with Crippen molar-refractivity contribution in [2.75, 3.05) is 6.54 Å². The van der Waals surface area contributed by atoms with Gasteiger partial charge in [-0.2, -0.15) is 5.10 Å². The Balaban J connectivity index is 2.47. The van der Waals surface area contributed by atoms with Crippen molar-refractivity contribution in [3.05, 3.63) is 46.2 Å². The Bertz CT molecular complexity index is 570. The lowest BCUT2D eigenvalue weighted by atomic mass is 10.0. The van der Waals surface area contributed by atoms with E-state index in [1.807, 2.05) is 11.6 Å². The first kappa shape index (κ1) is 15.1. The van der Waals surface area contributed by atoms with Gasteiger partial charge in [-0.15, -0.1) is 0 Å². The zero-order valence-corrected chi connectivity index (χ0v) is 13.2. The standard InChI is InChI=1S/C14H18BrFN4/c1-3-6-18-13(10-5-7-17-9-12(10)16)14-11(15)8-19-20(14)4-2/h5,7-9,13,18H,3-4,6H2,1-2H3. The molecule has 1 atom stereocenters. The minimum Gasteiger partial charge on any atom is -0.305 e. The van der Waals surface area contributed by atoms with Gasteiger partial charge in [0, 0.05) is 18.3 Å². The third-order valence-electron chi connectivity index (χ3n) is 3.12. The van der Waals surface area contributed by atoms with Crippen LogP contribution in [0.2, 0.25) is 0 Å². The van der Waals surface area contributed by atoms with Crippen LogP contribution >= 0.6 is 15.9 Å². The van der Waals surface area contributed by atoms with E-state index < -0.39 is 0 Å². The molecular weight excluding hydrogens is 323 g/mol. The van der Waals surface area contributed by atoms with Gasteiger partial charge in [0.1, 0.15) is 5.82 Å². The predicted molar refractivity (Wildman–Crippen MR) is 79.9 cm³/mol. The minimum atomic E-state index is -0.308. The summed E-state index contributed by atoms with van der Waals surface area (Å²) in [4.78, 5) is 3.82. The average Bonchev–Trinajstić information content (AvgIpc) is 2.82. The van der Waals surface area contributed by atoms with E-state index in [1.54, 1.807) is 18.5 Å². The van der Waals surface area contributed by atoms with Crippen molar-refractivity contribution in [2.45, 2.75) is 32.9 Å². The molecule has 1 N–H and O–H groups in total. The molecule has 0 aliphatic heterocycles. The highest BCUT2D eigenvalue weighted by molar-refractivity contribution is 9.10. The Hall–Kier alpha value is -1.27. The Morgan fingerprint density at radius 3 is 2.85 bits per heavy atom. The molecule has 6 heteroatoms. The third-order valence-corrected chi connectivity index (χ3v) is 3.73. The number of rotatable bonds is 6. The first-order chi connectivity index (χ1) is 9.69. The van der Waals surface area contributed by atoms with Crippen LogP contribution in [0.3, 0.4) is 0 Å². The molecule has 0 amide bonds. The highest BCUT2D eigenvalue weighted by Gasteiger charge is 2.23. The van der Waals surface area contributed by atoms with E-state index >= 15 is 0 Å². The second-order valence-electron chi connectivity index (χ2n) is 4.48. The lowest BCUT2D eigenvalue weighted by Crippen LogP contribution is -2.27. The number of hydrogen-bond acceptors (Lipinski definition) is 3. The summed E-state index contributed by atoms with van der Waals surface area (Å²) < 4.78 is 16.8. The van der Waals surface area contributed by atoms with Gasteiger partial charge in [-0.25, -0.2) is 4.39 Å². The van der Waals surface area contributed by atoms with E-state index in [-0.39, 0.29) is 11.9 Å². The van der Waals surface area contributed by atoms with Crippen molar-refractivity contribution in [1.82, 2.24) is 20.1 Å². The number of aromatic nitrogens is 3. The van der Waals surface area contributed by atoms with Gasteiger partial charge in [0.05, 0.1) is 28.6 Å². The van der Waals surface area contributed by atoms with Crippen LogP contribution in [-0.2, 0) is 6.54 Å². The van der Waals surface area contributed by atoms with Gasteiger partial charge in [-0.05, 0) is 41.9 Å². The van der Waals surface area contributed by atoms with Crippen LogP contribution in [0.1, 0.15) is 37.6 Å². The van der Waals surface area contributed by atoms with E-state index in [0.29, 0.717) is 5.56 Å². The second-order valence-corrected chi connectivity index (χ2v) is 5.33. The first-order valence-electron chi connectivity index (χ1n) is 6.73. The number of nitrogens with zero attached hydrogens (tertiary/aromatic N) is 3. The van der Waals surface area contributed by atoms with Crippen LogP contribution in [0.15, 0.2) is 29.1 Å². The highest BCUT2D eigenvalue weighted by Crippen LogP contribution is 2.29. The predicted octanol–water partition coefficient (Wildman–Crippen LogP) is 3.29. The summed E-state index contributed by atoms with van der Waals surface area (Å²) in [7, 11) is 0. The molecule has 0 aromatic carbocycles. The fourth-order valence-electron chi connectivity index (χ4n) is 2.17. The van der Waals surface area contributed by atoms with Gasteiger partial charge in [0.2, 0.25) is 0 Å². The number of nitrogens with one attached hydrogen (secondary N) is 1. The molecule has 2 aromatic heterocycles. The summed E-state index contributed by atoms with van der Waals surface area (Å²) in [5, 5.41) is 7.70. The quantitative estimate of drug-likeness (QED) is 0.877. The van der Waals surface area contributed by atoms with Gasteiger partial charge >= 0.3 is 0 Å². The minimum absolute atomic E-state index is 0.241. The molecule has 0 bridgehead atoms. The van der Waals surface area contributed by atoms with Crippen LogP contribution in [-0.4, -0.2) is 21.3 Å². The molecule has 0 aliphatic rings. The van der Waals surface area contributed by atoms with Crippen LogP contribution in [0, 0.1) is 5.82 Å². The van der Waals surface area contributed by atoms with Gasteiger partial charge in [-0.3, -0.25) is 9.67 Å². The fourth-order valence-corrected chi connectivity index (χ4v) is 2.70. The first-order valence-corrected chi connectivity index (χ1v) is 7.52. The average molecular weight is 341 g/mol. The van der Waals surface area contributed by atoms with Crippen LogP contribution in [0.4, 0.5) is 4.39 Å². The van der Waals surface area contributed by atoms with Gasteiger partial charge < -0.3 is 5.32 Å². The number of pyridine rings is 1. The number of halogens is 2. The summed E-state index contributed by atoms with van der Waals surface area (Å²) in [6.45, 7) is 5.63. The molecule has 1 unspecified atom stereocenters. The van der Waals surface area contributed by atoms with E-state index in [1.165, 1.54) is 6.20 Å². The van der Waals surface area contributed by atoms with Crippen LogP contribution < -0.4 is 5.32 Å². The Kier molecular flexibility index (Phi) is 5.25. The zero-order valence-electron chi connectivity index (χ0n) is 11.6. The van der Waals surface area contributed by atoms with Crippen molar-refractivity contribution in [2.24, 2.45) is 0 Å². The zero-order chi connectivity index (χ0) is 14.5. The molecule has 0 spiro atoms. The molecule has 0 saturated heterocycles. The summed E-state index contributed by atoms with van der Waals surface area (Å²) in [6, 6.07) is 1.47. The largest absolute Gasteiger partial charge is 0.305 e. The molecule has 0 fully saturated rings. The van der Waals surface area contributed by atoms with E-state index in [0.717, 1.165) is 29.7 Å². The Morgan fingerprint density at radius 1 is 1.40 bits per heavy atom. The van der Waals surface area contributed by atoms with Crippen molar-refractivity contribution >= 4 is 15.9 Å². The maximum absolute atomic E-state index is 14.1. The van der Waals surface area contributed by atoms with Crippen LogP contribution in [0.25, 0.3) is 0 Å². The summed E-state index contributed by atoms with van der Waals surface area (Å²) in [5.41, 5.74) is 1.52. The molecule has 0 radical (unpaired) electrons. The SMILES string of the molecule is CCCNC(c1ccncc1F)c1c(Br)cnn1CC. The second kappa shape index (κ2) is 6.95. The lowest BCUT2D eigenvalue weighted by Gasteiger charge is -2.21. The Morgan fingerprint density at radius 2 is 2.20 bits per heavy atom. The van der Waals surface area contributed by atoms with Crippen molar-refractivity contribution in [3.8, 4) is 0 Å². The molecule has 2 rings (SSSR count). The third kappa shape index (κ3) is 3.07. The maximum Gasteiger partial charge on any atom is 0.146 e. The topological polar surface area (TPSA) is 42.7 Å². The number of hydrogen-bond donors (Lipinski definition) is 1. The van der Waals surface area contributed by atoms with Crippen molar-refractivity contribution < 1.29 is 4.39 Å². The van der Waals surface area contributed by atoms with Gasteiger partial charge in [0.15, 0.2) is 0 Å². The summed E-state index contributed by atoms with van der Waals surface area (Å²) in [6.07, 6.45) is 5.58. The molecule has 2 aromatic rings. The summed E-state index contributed by atoms with van der Waals surface area (Å²) >= 11 is 3.51. The molecular formula is C14H18BrFN4.